The van der Waals surface area contributed by atoms with E-state index in [9.17, 15) is 8.42 Å². The van der Waals surface area contributed by atoms with Gasteiger partial charge in [-0.1, -0.05) is 19.1 Å². The maximum atomic E-state index is 11.8. The van der Waals surface area contributed by atoms with Crippen molar-refractivity contribution >= 4 is 15.7 Å². The first-order chi connectivity index (χ1) is 10.5. The van der Waals surface area contributed by atoms with Gasteiger partial charge in [0.05, 0.1) is 12.4 Å². The SMILES string of the molecule is COCCS(=O)(=O)Nc1ccc(CN2CCCC(C)C2)cc1. The van der Waals surface area contributed by atoms with Gasteiger partial charge in [0.15, 0.2) is 0 Å². The number of hydrogen-bond acceptors (Lipinski definition) is 4. The first-order valence-electron chi connectivity index (χ1n) is 7.79. The third-order valence-electron chi connectivity index (χ3n) is 3.93. The first kappa shape index (κ1) is 17.2. The summed E-state index contributed by atoms with van der Waals surface area (Å²) in [5.41, 5.74) is 1.82. The topological polar surface area (TPSA) is 58.6 Å². The number of rotatable bonds is 7. The average molecular weight is 326 g/mol. The van der Waals surface area contributed by atoms with E-state index in [-0.39, 0.29) is 12.4 Å². The molecule has 2 rings (SSSR count). The molecule has 0 bridgehead atoms. The van der Waals surface area contributed by atoms with Crippen LogP contribution in [0.25, 0.3) is 0 Å². The van der Waals surface area contributed by atoms with E-state index in [0.29, 0.717) is 5.69 Å². The van der Waals surface area contributed by atoms with Gasteiger partial charge >= 0.3 is 0 Å². The summed E-state index contributed by atoms with van der Waals surface area (Å²) in [5.74, 6) is 0.734. The zero-order valence-electron chi connectivity index (χ0n) is 13.4. The number of nitrogens with zero attached hydrogens (tertiary/aromatic N) is 1. The summed E-state index contributed by atoms with van der Waals surface area (Å²) in [6.45, 7) is 5.72. The Balaban J connectivity index is 1.90. The van der Waals surface area contributed by atoms with Crippen LogP contribution in [0, 0.1) is 5.92 Å². The van der Waals surface area contributed by atoms with Gasteiger partial charge in [-0.25, -0.2) is 8.42 Å². The van der Waals surface area contributed by atoms with E-state index >= 15 is 0 Å². The fourth-order valence-corrected chi connectivity index (χ4v) is 3.77. The van der Waals surface area contributed by atoms with E-state index in [1.807, 2.05) is 24.3 Å². The van der Waals surface area contributed by atoms with Crippen molar-refractivity contribution in [3.63, 3.8) is 0 Å². The number of benzene rings is 1. The van der Waals surface area contributed by atoms with Gasteiger partial charge < -0.3 is 4.74 Å². The van der Waals surface area contributed by atoms with Crippen LogP contribution in [-0.4, -0.2) is 45.9 Å². The lowest BCUT2D eigenvalue weighted by Crippen LogP contribution is -2.33. The molecule has 124 valence electrons. The molecule has 1 heterocycles. The molecular weight excluding hydrogens is 300 g/mol. The number of methoxy groups -OCH3 is 1. The number of hydrogen-bond donors (Lipinski definition) is 1. The molecule has 1 unspecified atom stereocenters. The molecule has 1 aliphatic heterocycles. The lowest BCUT2D eigenvalue weighted by molar-refractivity contribution is 0.176. The van der Waals surface area contributed by atoms with E-state index in [2.05, 4.69) is 16.5 Å². The molecule has 22 heavy (non-hydrogen) atoms. The van der Waals surface area contributed by atoms with Crippen molar-refractivity contribution in [2.24, 2.45) is 5.92 Å². The maximum absolute atomic E-state index is 11.8. The van der Waals surface area contributed by atoms with Gasteiger partial charge in [0.2, 0.25) is 10.0 Å². The van der Waals surface area contributed by atoms with Gasteiger partial charge in [-0.2, -0.15) is 0 Å². The van der Waals surface area contributed by atoms with Crippen LogP contribution >= 0.6 is 0 Å². The number of nitrogens with one attached hydrogen (secondary N) is 1. The van der Waals surface area contributed by atoms with Gasteiger partial charge in [-0.3, -0.25) is 9.62 Å². The molecular formula is C16H26N2O3S. The van der Waals surface area contributed by atoms with Crippen molar-refractivity contribution in [3.05, 3.63) is 29.8 Å². The normalized spacial score (nSPS) is 20.0. The molecule has 1 aliphatic rings. The number of sulfonamides is 1. The molecule has 1 aromatic rings. The summed E-state index contributed by atoms with van der Waals surface area (Å²) in [6.07, 6.45) is 2.58. The molecule has 1 N–H and O–H groups in total. The van der Waals surface area contributed by atoms with E-state index in [4.69, 9.17) is 4.74 Å². The standard InChI is InChI=1S/C16H26N2O3S/c1-14-4-3-9-18(12-14)13-15-5-7-16(8-6-15)17-22(19,20)11-10-21-2/h5-8,14,17H,3-4,9-13H2,1-2H3. The third kappa shape index (κ3) is 5.59. The Morgan fingerprint density at radius 3 is 2.68 bits per heavy atom. The Kier molecular flexibility index (Phi) is 6.23. The molecule has 0 aliphatic carbocycles. The molecule has 0 radical (unpaired) electrons. The predicted octanol–water partition coefficient (Wildman–Crippen LogP) is 2.31. The molecule has 1 fully saturated rings. The van der Waals surface area contributed by atoms with Crippen LogP contribution in [0.5, 0.6) is 0 Å². The number of anilines is 1. The molecule has 0 aromatic heterocycles. The minimum absolute atomic E-state index is 0.0308. The van der Waals surface area contributed by atoms with E-state index in [1.54, 1.807) is 0 Å². The molecule has 0 spiro atoms. The summed E-state index contributed by atoms with van der Waals surface area (Å²) in [5, 5.41) is 0. The van der Waals surface area contributed by atoms with E-state index < -0.39 is 10.0 Å². The van der Waals surface area contributed by atoms with Crippen LogP contribution in [0.15, 0.2) is 24.3 Å². The first-order valence-corrected chi connectivity index (χ1v) is 9.44. The molecule has 1 saturated heterocycles. The van der Waals surface area contributed by atoms with Crippen molar-refractivity contribution in [2.75, 3.05) is 37.3 Å². The minimum atomic E-state index is -3.33. The molecule has 1 atom stereocenters. The number of piperidine rings is 1. The Labute approximate surface area is 133 Å². The molecule has 0 amide bonds. The molecule has 0 saturated carbocycles. The second kappa shape index (κ2) is 7.94. The highest BCUT2D eigenvalue weighted by Gasteiger charge is 2.16. The van der Waals surface area contributed by atoms with E-state index in [0.717, 1.165) is 25.6 Å². The predicted molar refractivity (Wildman–Crippen MR) is 89.4 cm³/mol. The van der Waals surface area contributed by atoms with Crippen LogP contribution in [0.3, 0.4) is 0 Å². The van der Waals surface area contributed by atoms with Crippen LogP contribution in [0.1, 0.15) is 25.3 Å². The third-order valence-corrected chi connectivity index (χ3v) is 5.18. The van der Waals surface area contributed by atoms with Gasteiger partial charge in [-0.15, -0.1) is 0 Å². The highest BCUT2D eigenvalue weighted by atomic mass is 32.2. The van der Waals surface area contributed by atoms with Crippen molar-refractivity contribution < 1.29 is 13.2 Å². The maximum Gasteiger partial charge on any atom is 0.234 e. The van der Waals surface area contributed by atoms with E-state index in [1.165, 1.54) is 25.5 Å². The Hall–Kier alpha value is -1.11. The second-order valence-electron chi connectivity index (χ2n) is 6.09. The molecule has 1 aromatic carbocycles. The van der Waals surface area contributed by atoms with Crippen LogP contribution in [-0.2, 0) is 21.3 Å². The van der Waals surface area contributed by atoms with Gasteiger partial charge in [-0.05, 0) is 43.0 Å². The summed E-state index contributed by atoms with van der Waals surface area (Å²) in [4.78, 5) is 2.46. The zero-order chi connectivity index (χ0) is 16.0. The van der Waals surface area contributed by atoms with Gasteiger partial charge in [0.1, 0.15) is 0 Å². The van der Waals surface area contributed by atoms with Gasteiger partial charge in [0, 0.05) is 25.9 Å². The largest absolute Gasteiger partial charge is 0.384 e. The highest BCUT2D eigenvalue weighted by molar-refractivity contribution is 7.92. The van der Waals surface area contributed by atoms with Crippen molar-refractivity contribution in [3.8, 4) is 0 Å². The Morgan fingerprint density at radius 1 is 1.32 bits per heavy atom. The summed E-state index contributed by atoms with van der Waals surface area (Å²) in [6, 6.07) is 7.64. The summed E-state index contributed by atoms with van der Waals surface area (Å²) < 4.78 is 31.0. The fraction of sp³-hybridized carbons (Fsp3) is 0.625. The van der Waals surface area contributed by atoms with Crippen LogP contribution in [0.4, 0.5) is 5.69 Å². The average Bonchev–Trinajstić information content (AvgIpc) is 2.47. The second-order valence-corrected chi connectivity index (χ2v) is 7.94. The lowest BCUT2D eigenvalue weighted by Gasteiger charge is -2.30. The Bertz CT molecular complexity index is 557. The summed E-state index contributed by atoms with van der Waals surface area (Å²) in [7, 11) is -1.84. The quantitative estimate of drug-likeness (QED) is 0.835. The number of ether oxygens (including phenoxy) is 1. The van der Waals surface area contributed by atoms with Crippen molar-refractivity contribution in [1.29, 1.82) is 0 Å². The zero-order valence-corrected chi connectivity index (χ0v) is 14.2. The summed E-state index contributed by atoms with van der Waals surface area (Å²) >= 11 is 0. The lowest BCUT2D eigenvalue weighted by atomic mass is 10.00. The fourth-order valence-electron chi connectivity index (χ4n) is 2.79. The minimum Gasteiger partial charge on any atom is -0.384 e. The smallest absolute Gasteiger partial charge is 0.234 e. The van der Waals surface area contributed by atoms with Crippen molar-refractivity contribution in [2.45, 2.75) is 26.3 Å². The Morgan fingerprint density at radius 2 is 2.05 bits per heavy atom. The van der Waals surface area contributed by atoms with Crippen molar-refractivity contribution in [1.82, 2.24) is 4.90 Å². The number of likely N-dealkylation sites (tertiary alicyclic amines) is 1. The van der Waals surface area contributed by atoms with Crippen LogP contribution in [0.2, 0.25) is 0 Å². The van der Waals surface area contributed by atoms with Crippen LogP contribution < -0.4 is 4.72 Å². The highest BCUT2D eigenvalue weighted by Crippen LogP contribution is 2.19. The monoisotopic (exact) mass is 326 g/mol. The molecule has 6 heteroatoms. The van der Waals surface area contributed by atoms with Gasteiger partial charge in [0.25, 0.3) is 0 Å². The molecule has 5 nitrogen and oxygen atoms in total.